The van der Waals surface area contributed by atoms with Crippen molar-refractivity contribution in [3.63, 3.8) is 0 Å². The van der Waals surface area contributed by atoms with Gasteiger partial charge in [-0.1, -0.05) is 0 Å². The van der Waals surface area contributed by atoms with E-state index in [1.807, 2.05) is 13.8 Å². The zero-order valence-corrected chi connectivity index (χ0v) is 9.71. The van der Waals surface area contributed by atoms with E-state index in [9.17, 15) is 4.79 Å². The van der Waals surface area contributed by atoms with Crippen LogP contribution in [0.3, 0.4) is 0 Å². The third-order valence-electron chi connectivity index (χ3n) is 2.62. The van der Waals surface area contributed by atoms with Crippen molar-refractivity contribution in [3.8, 4) is 0 Å². The predicted molar refractivity (Wildman–Crippen MR) is 59.8 cm³/mol. The van der Waals surface area contributed by atoms with Gasteiger partial charge in [-0.05, 0) is 52.1 Å². The van der Waals surface area contributed by atoms with Crippen molar-refractivity contribution in [2.75, 3.05) is 19.6 Å². The first-order valence-electron chi connectivity index (χ1n) is 5.83. The molecule has 0 unspecified atom stereocenters. The first-order valence-corrected chi connectivity index (χ1v) is 5.83. The predicted octanol–water partition coefficient (Wildman–Crippen LogP) is 1.51. The van der Waals surface area contributed by atoms with E-state index in [0.717, 1.165) is 32.0 Å². The molecule has 0 spiro atoms. The number of carbonyl (C=O) groups is 1. The molecule has 2 N–H and O–H groups in total. The van der Waals surface area contributed by atoms with E-state index < -0.39 is 0 Å². The summed E-state index contributed by atoms with van der Waals surface area (Å²) in [5.41, 5.74) is 0. The lowest BCUT2D eigenvalue weighted by Gasteiger charge is -2.22. The van der Waals surface area contributed by atoms with Gasteiger partial charge in [-0.15, -0.1) is 0 Å². The largest absolute Gasteiger partial charge is 0.447 e. The van der Waals surface area contributed by atoms with Crippen molar-refractivity contribution in [1.82, 2.24) is 10.6 Å². The molecule has 0 aromatic carbocycles. The fraction of sp³-hybridized carbons (Fsp3) is 0.909. The highest BCUT2D eigenvalue weighted by Crippen LogP contribution is 2.14. The van der Waals surface area contributed by atoms with Gasteiger partial charge in [0.15, 0.2) is 0 Å². The molecular weight excluding hydrogens is 192 g/mol. The van der Waals surface area contributed by atoms with E-state index >= 15 is 0 Å². The molecule has 0 saturated carbocycles. The topological polar surface area (TPSA) is 50.4 Å². The molecule has 1 saturated heterocycles. The van der Waals surface area contributed by atoms with Crippen molar-refractivity contribution in [2.45, 2.75) is 39.2 Å². The van der Waals surface area contributed by atoms with Crippen LogP contribution in [0.5, 0.6) is 0 Å². The number of hydrogen-bond donors (Lipinski definition) is 2. The summed E-state index contributed by atoms with van der Waals surface area (Å²) in [6.07, 6.45) is 3.18. The minimum atomic E-state index is -0.293. The molecule has 0 radical (unpaired) electrons. The maximum atomic E-state index is 11.1. The lowest BCUT2D eigenvalue weighted by molar-refractivity contribution is 0.115. The second-order valence-electron chi connectivity index (χ2n) is 4.36. The van der Waals surface area contributed by atoms with Crippen LogP contribution in [0.2, 0.25) is 0 Å². The van der Waals surface area contributed by atoms with Crippen molar-refractivity contribution in [1.29, 1.82) is 0 Å². The highest BCUT2D eigenvalue weighted by atomic mass is 16.6. The monoisotopic (exact) mass is 214 g/mol. The Morgan fingerprint density at radius 1 is 1.47 bits per heavy atom. The van der Waals surface area contributed by atoms with Gasteiger partial charge in [0, 0.05) is 6.54 Å². The van der Waals surface area contributed by atoms with Gasteiger partial charge in [-0.2, -0.15) is 0 Å². The molecule has 0 aromatic heterocycles. The van der Waals surface area contributed by atoms with E-state index in [-0.39, 0.29) is 12.2 Å². The summed E-state index contributed by atoms with van der Waals surface area (Å²) in [5, 5.41) is 6.11. The Kier molecular flexibility index (Phi) is 5.47. The Morgan fingerprint density at radius 2 is 2.13 bits per heavy atom. The van der Waals surface area contributed by atoms with Crippen LogP contribution in [0, 0.1) is 5.92 Å². The maximum absolute atomic E-state index is 11.1. The van der Waals surface area contributed by atoms with Crippen LogP contribution in [0.1, 0.15) is 33.1 Å². The summed E-state index contributed by atoms with van der Waals surface area (Å²) in [4.78, 5) is 11.1. The van der Waals surface area contributed by atoms with Crippen molar-refractivity contribution >= 4 is 6.09 Å². The molecule has 0 atom stereocenters. The fourth-order valence-corrected chi connectivity index (χ4v) is 1.80. The molecule has 4 heteroatoms. The van der Waals surface area contributed by atoms with E-state index in [1.165, 1.54) is 12.8 Å². The van der Waals surface area contributed by atoms with Crippen LogP contribution in [-0.4, -0.2) is 31.8 Å². The molecule has 1 aliphatic heterocycles. The number of rotatable bonds is 4. The minimum Gasteiger partial charge on any atom is -0.447 e. The molecule has 88 valence electrons. The van der Waals surface area contributed by atoms with Crippen molar-refractivity contribution < 1.29 is 9.53 Å². The lowest BCUT2D eigenvalue weighted by atomic mass is 9.95. The second-order valence-corrected chi connectivity index (χ2v) is 4.36. The number of hydrogen-bond acceptors (Lipinski definition) is 3. The number of piperidine rings is 1. The molecule has 0 aromatic rings. The average molecular weight is 214 g/mol. The molecule has 1 amide bonds. The maximum Gasteiger partial charge on any atom is 0.407 e. The Bertz CT molecular complexity index is 189. The fourth-order valence-electron chi connectivity index (χ4n) is 1.80. The van der Waals surface area contributed by atoms with E-state index in [4.69, 9.17) is 4.74 Å². The van der Waals surface area contributed by atoms with Crippen LogP contribution in [0.15, 0.2) is 0 Å². The average Bonchev–Trinajstić information content (AvgIpc) is 2.18. The number of nitrogens with one attached hydrogen (secondary N) is 2. The Balaban J connectivity index is 2.02. The second kappa shape index (κ2) is 6.67. The highest BCUT2D eigenvalue weighted by Gasteiger charge is 2.13. The van der Waals surface area contributed by atoms with Gasteiger partial charge < -0.3 is 15.4 Å². The van der Waals surface area contributed by atoms with Crippen molar-refractivity contribution in [2.24, 2.45) is 5.92 Å². The number of ether oxygens (including phenoxy) is 1. The van der Waals surface area contributed by atoms with Gasteiger partial charge >= 0.3 is 6.09 Å². The summed E-state index contributed by atoms with van der Waals surface area (Å²) in [6.45, 7) is 6.66. The molecule has 1 aliphatic rings. The Morgan fingerprint density at radius 3 is 2.73 bits per heavy atom. The first-order chi connectivity index (χ1) is 7.18. The van der Waals surface area contributed by atoms with Gasteiger partial charge in [0.1, 0.15) is 0 Å². The van der Waals surface area contributed by atoms with Crippen LogP contribution < -0.4 is 10.6 Å². The number of carbonyl (C=O) groups excluding carboxylic acids is 1. The smallest absolute Gasteiger partial charge is 0.407 e. The molecule has 0 aliphatic carbocycles. The van der Waals surface area contributed by atoms with E-state index in [0.29, 0.717) is 0 Å². The quantitative estimate of drug-likeness (QED) is 0.746. The normalized spacial score (nSPS) is 17.8. The van der Waals surface area contributed by atoms with Crippen molar-refractivity contribution in [3.05, 3.63) is 0 Å². The zero-order chi connectivity index (χ0) is 11.1. The van der Waals surface area contributed by atoms with E-state index in [1.54, 1.807) is 0 Å². The van der Waals surface area contributed by atoms with Crippen LogP contribution >= 0.6 is 0 Å². The molecule has 0 bridgehead atoms. The van der Waals surface area contributed by atoms with E-state index in [2.05, 4.69) is 10.6 Å². The minimum absolute atomic E-state index is 0.0381. The number of alkyl carbamates (subject to hydrolysis) is 1. The van der Waals surface area contributed by atoms with Crippen LogP contribution in [0.4, 0.5) is 4.79 Å². The highest BCUT2D eigenvalue weighted by molar-refractivity contribution is 5.67. The summed E-state index contributed by atoms with van der Waals surface area (Å²) in [6, 6.07) is 0. The summed E-state index contributed by atoms with van der Waals surface area (Å²) in [7, 11) is 0. The third-order valence-corrected chi connectivity index (χ3v) is 2.62. The van der Waals surface area contributed by atoms with Gasteiger partial charge in [0.05, 0.1) is 6.10 Å². The van der Waals surface area contributed by atoms with Gasteiger partial charge in [0.25, 0.3) is 0 Å². The van der Waals surface area contributed by atoms with Crippen LogP contribution in [0.25, 0.3) is 0 Å². The molecule has 1 heterocycles. The standard InChI is InChI=1S/C11H22N2O2/c1-9(2)15-11(14)13-8-5-10-3-6-12-7-4-10/h9-10,12H,3-8H2,1-2H3,(H,13,14). The molecule has 1 rings (SSSR count). The Hall–Kier alpha value is -0.770. The summed E-state index contributed by atoms with van der Waals surface area (Å²) >= 11 is 0. The molecular formula is C11H22N2O2. The zero-order valence-electron chi connectivity index (χ0n) is 9.71. The van der Waals surface area contributed by atoms with Gasteiger partial charge in [-0.25, -0.2) is 4.79 Å². The first kappa shape index (κ1) is 12.3. The Labute approximate surface area is 91.8 Å². The lowest BCUT2D eigenvalue weighted by Crippen LogP contribution is -2.32. The molecule has 15 heavy (non-hydrogen) atoms. The third kappa shape index (κ3) is 5.62. The van der Waals surface area contributed by atoms with Gasteiger partial charge in [-0.3, -0.25) is 0 Å². The van der Waals surface area contributed by atoms with Crippen LogP contribution in [-0.2, 0) is 4.74 Å². The van der Waals surface area contributed by atoms with Gasteiger partial charge in [0.2, 0.25) is 0 Å². The SMILES string of the molecule is CC(C)OC(=O)NCCC1CCNCC1. The molecule has 4 nitrogen and oxygen atoms in total. The summed E-state index contributed by atoms with van der Waals surface area (Å²) in [5.74, 6) is 0.755. The number of amides is 1. The summed E-state index contributed by atoms with van der Waals surface area (Å²) < 4.78 is 4.98. The molecule has 1 fully saturated rings.